The van der Waals surface area contributed by atoms with Crippen molar-refractivity contribution in [2.45, 2.75) is 18.9 Å². The van der Waals surface area contributed by atoms with Gasteiger partial charge in [-0.05, 0) is 18.6 Å². The normalized spacial score (nSPS) is 11.2. The average Bonchev–Trinajstić information content (AvgIpc) is 2.45. The summed E-state index contributed by atoms with van der Waals surface area (Å²) in [5.74, 6) is 0.394. The summed E-state index contributed by atoms with van der Waals surface area (Å²) < 4.78 is 0. The third kappa shape index (κ3) is 3.65. The maximum absolute atomic E-state index is 12.0. The van der Waals surface area contributed by atoms with Gasteiger partial charge in [-0.1, -0.05) is 6.92 Å². The van der Waals surface area contributed by atoms with Gasteiger partial charge in [0.2, 0.25) is 0 Å². The first-order valence-corrected chi connectivity index (χ1v) is 6.15. The minimum atomic E-state index is -0.989. The number of carbonyl (C=O) groups excluding carboxylic acids is 1. The van der Waals surface area contributed by atoms with Gasteiger partial charge in [0.15, 0.2) is 0 Å². The maximum Gasteiger partial charge on any atom is 0.253 e. The van der Waals surface area contributed by atoms with E-state index in [0.29, 0.717) is 12.0 Å². The minimum Gasteiger partial charge on any atom is -0.394 e. The number of anilines is 1. The fraction of sp³-hybridized carbons (Fsp3) is 0.538. The van der Waals surface area contributed by atoms with Crippen LogP contribution in [0, 0.1) is 0 Å². The number of pyridine rings is 1. The molecule has 106 valence electrons. The number of aliphatic hydroxyl groups is 2. The number of aliphatic hydroxyl groups excluding tert-OH is 2. The van der Waals surface area contributed by atoms with E-state index in [1.54, 1.807) is 19.1 Å². The van der Waals surface area contributed by atoms with Crippen molar-refractivity contribution in [1.29, 1.82) is 0 Å². The zero-order valence-corrected chi connectivity index (χ0v) is 11.6. The van der Waals surface area contributed by atoms with Gasteiger partial charge in [0.05, 0.1) is 24.3 Å². The summed E-state index contributed by atoms with van der Waals surface area (Å²) in [7, 11) is 3.73. The van der Waals surface area contributed by atoms with Gasteiger partial charge < -0.3 is 20.4 Å². The second-order valence-corrected chi connectivity index (χ2v) is 4.70. The van der Waals surface area contributed by atoms with Crippen LogP contribution >= 0.6 is 0 Å². The first-order chi connectivity index (χ1) is 8.98. The van der Waals surface area contributed by atoms with E-state index >= 15 is 0 Å². The highest BCUT2D eigenvalue weighted by molar-refractivity contribution is 5.94. The number of aromatic nitrogens is 1. The zero-order valence-electron chi connectivity index (χ0n) is 11.6. The Morgan fingerprint density at radius 3 is 2.37 bits per heavy atom. The molecule has 0 saturated heterocycles. The van der Waals surface area contributed by atoms with Crippen molar-refractivity contribution in [1.82, 2.24) is 10.3 Å². The van der Waals surface area contributed by atoms with Crippen LogP contribution < -0.4 is 10.2 Å². The van der Waals surface area contributed by atoms with Crippen molar-refractivity contribution in [3.05, 3.63) is 23.9 Å². The van der Waals surface area contributed by atoms with E-state index in [2.05, 4.69) is 10.3 Å². The molecule has 0 aliphatic heterocycles. The van der Waals surface area contributed by atoms with Crippen LogP contribution in [0.5, 0.6) is 0 Å². The number of carbonyl (C=O) groups is 1. The van der Waals surface area contributed by atoms with E-state index in [4.69, 9.17) is 0 Å². The van der Waals surface area contributed by atoms with Gasteiger partial charge in [-0.25, -0.2) is 4.98 Å². The molecule has 1 heterocycles. The highest BCUT2D eigenvalue weighted by Gasteiger charge is 2.28. The highest BCUT2D eigenvalue weighted by atomic mass is 16.3. The van der Waals surface area contributed by atoms with Gasteiger partial charge in [0.1, 0.15) is 5.82 Å². The number of amides is 1. The molecule has 0 aliphatic carbocycles. The molecule has 1 amide bonds. The van der Waals surface area contributed by atoms with Crippen LogP contribution in [0.4, 0.5) is 5.82 Å². The lowest BCUT2D eigenvalue weighted by Crippen LogP contribution is -2.53. The number of hydrogen-bond acceptors (Lipinski definition) is 5. The van der Waals surface area contributed by atoms with Gasteiger partial charge in [0, 0.05) is 20.3 Å². The summed E-state index contributed by atoms with van der Waals surface area (Å²) in [6.45, 7) is 1.17. The van der Waals surface area contributed by atoms with Crippen molar-refractivity contribution in [2.75, 3.05) is 32.2 Å². The van der Waals surface area contributed by atoms with Crippen LogP contribution in [0.25, 0.3) is 0 Å². The molecule has 0 aromatic carbocycles. The fourth-order valence-corrected chi connectivity index (χ4v) is 1.54. The lowest BCUT2D eigenvalue weighted by molar-refractivity contribution is 0.0652. The monoisotopic (exact) mass is 267 g/mol. The van der Waals surface area contributed by atoms with Crippen LogP contribution in [-0.2, 0) is 0 Å². The third-order valence-electron chi connectivity index (χ3n) is 3.13. The van der Waals surface area contributed by atoms with Gasteiger partial charge in [0.25, 0.3) is 5.91 Å². The summed E-state index contributed by atoms with van der Waals surface area (Å²) in [6.07, 6.45) is 1.91. The molecule has 1 rings (SSSR count). The fourth-order valence-electron chi connectivity index (χ4n) is 1.54. The van der Waals surface area contributed by atoms with Gasteiger partial charge in [-0.2, -0.15) is 0 Å². The second-order valence-electron chi connectivity index (χ2n) is 4.70. The lowest BCUT2D eigenvalue weighted by atomic mass is 9.98. The molecule has 1 aromatic heterocycles. The minimum absolute atomic E-state index is 0.311. The molecule has 6 heteroatoms. The molecule has 0 bridgehead atoms. The topological polar surface area (TPSA) is 85.7 Å². The van der Waals surface area contributed by atoms with Crippen LogP contribution in [0.15, 0.2) is 18.3 Å². The van der Waals surface area contributed by atoms with Crippen molar-refractivity contribution < 1.29 is 15.0 Å². The zero-order chi connectivity index (χ0) is 14.5. The summed E-state index contributed by atoms with van der Waals surface area (Å²) >= 11 is 0. The van der Waals surface area contributed by atoms with Crippen molar-refractivity contribution in [3.63, 3.8) is 0 Å². The van der Waals surface area contributed by atoms with Crippen LogP contribution in [-0.4, -0.2) is 54.0 Å². The molecule has 0 radical (unpaired) electrons. The molecule has 1 aromatic rings. The largest absolute Gasteiger partial charge is 0.394 e. The van der Waals surface area contributed by atoms with Crippen molar-refractivity contribution in [2.24, 2.45) is 0 Å². The lowest BCUT2D eigenvalue weighted by Gasteiger charge is -2.29. The third-order valence-corrected chi connectivity index (χ3v) is 3.13. The summed E-state index contributed by atoms with van der Waals surface area (Å²) in [5, 5.41) is 21.2. The molecule has 0 saturated carbocycles. The Morgan fingerprint density at radius 2 is 2.00 bits per heavy atom. The standard InChI is InChI=1S/C13H21N3O3/c1-4-13(8-17,9-18)15-12(19)10-5-6-11(14-7-10)16(2)3/h5-7,17-18H,4,8-9H2,1-3H3,(H,15,19). The Kier molecular flexibility index (Phi) is 5.26. The summed E-state index contributed by atoms with van der Waals surface area (Å²) in [5.41, 5.74) is -0.595. The predicted molar refractivity (Wildman–Crippen MR) is 73.2 cm³/mol. The van der Waals surface area contributed by atoms with E-state index in [1.807, 2.05) is 19.0 Å². The Morgan fingerprint density at radius 1 is 1.37 bits per heavy atom. The SMILES string of the molecule is CCC(CO)(CO)NC(=O)c1ccc(N(C)C)nc1. The van der Waals surface area contributed by atoms with Gasteiger partial charge >= 0.3 is 0 Å². The van der Waals surface area contributed by atoms with E-state index in [1.165, 1.54) is 6.20 Å². The van der Waals surface area contributed by atoms with Crippen LogP contribution in [0.2, 0.25) is 0 Å². The first-order valence-electron chi connectivity index (χ1n) is 6.15. The molecule has 6 nitrogen and oxygen atoms in total. The van der Waals surface area contributed by atoms with Gasteiger partial charge in [-0.15, -0.1) is 0 Å². The van der Waals surface area contributed by atoms with E-state index in [0.717, 1.165) is 5.82 Å². The quantitative estimate of drug-likeness (QED) is 0.676. The number of nitrogens with zero attached hydrogens (tertiary/aromatic N) is 2. The van der Waals surface area contributed by atoms with E-state index in [9.17, 15) is 15.0 Å². The Hall–Kier alpha value is -1.66. The predicted octanol–water partition coefficient (Wildman–Crippen LogP) is 0.0108. The molecule has 19 heavy (non-hydrogen) atoms. The van der Waals surface area contributed by atoms with Crippen molar-refractivity contribution >= 4 is 11.7 Å². The molecule has 3 N–H and O–H groups in total. The van der Waals surface area contributed by atoms with E-state index in [-0.39, 0.29) is 19.1 Å². The smallest absolute Gasteiger partial charge is 0.253 e. The van der Waals surface area contributed by atoms with Crippen LogP contribution in [0.3, 0.4) is 0 Å². The Labute approximate surface area is 113 Å². The van der Waals surface area contributed by atoms with Crippen molar-refractivity contribution in [3.8, 4) is 0 Å². The molecular weight excluding hydrogens is 246 g/mol. The Bertz CT molecular complexity index is 405. The van der Waals surface area contributed by atoms with Crippen LogP contribution in [0.1, 0.15) is 23.7 Å². The van der Waals surface area contributed by atoms with Gasteiger partial charge in [-0.3, -0.25) is 4.79 Å². The summed E-state index contributed by atoms with van der Waals surface area (Å²) in [6, 6.07) is 3.40. The van der Waals surface area contributed by atoms with E-state index < -0.39 is 5.54 Å². The molecule has 0 aliphatic rings. The second kappa shape index (κ2) is 6.49. The highest BCUT2D eigenvalue weighted by Crippen LogP contribution is 2.12. The summed E-state index contributed by atoms with van der Waals surface area (Å²) in [4.78, 5) is 18.0. The average molecular weight is 267 g/mol. The molecule has 0 unspecified atom stereocenters. The maximum atomic E-state index is 12.0. The Balaban J connectivity index is 2.83. The molecular formula is C13H21N3O3. The number of rotatable bonds is 6. The first kappa shape index (κ1) is 15.4. The molecule has 0 spiro atoms. The number of hydrogen-bond donors (Lipinski definition) is 3. The molecule has 0 atom stereocenters. The molecule has 0 fully saturated rings. The number of nitrogens with one attached hydrogen (secondary N) is 1.